The van der Waals surface area contributed by atoms with Gasteiger partial charge in [-0.3, -0.25) is 9.59 Å². The van der Waals surface area contributed by atoms with Gasteiger partial charge in [-0.2, -0.15) is 0 Å². The molecule has 0 rings (SSSR count). The Morgan fingerprint density at radius 1 is 0.800 bits per heavy atom. The molecule has 2 amide bonds. The van der Waals surface area contributed by atoms with Crippen molar-refractivity contribution >= 4 is 23.8 Å². The van der Waals surface area contributed by atoms with Crippen molar-refractivity contribution < 1.29 is 28.7 Å². The molecule has 0 bridgehead atoms. The molecule has 0 saturated heterocycles. The first-order chi connectivity index (χ1) is 11.7. The van der Waals surface area contributed by atoms with Crippen LogP contribution in [0.1, 0.15) is 40.5 Å². The largest absolute Gasteiger partial charge is 0.463 e. The number of esters is 2. The maximum atomic E-state index is 11.4. The van der Waals surface area contributed by atoms with Crippen molar-refractivity contribution in [1.82, 2.24) is 10.6 Å². The molecule has 0 spiro atoms. The first-order valence-electron chi connectivity index (χ1n) is 8.31. The van der Waals surface area contributed by atoms with Gasteiger partial charge in [0.25, 0.3) is 0 Å². The minimum absolute atomic E-state index is 0.0111. The lowest BCUT2D eigenvalue weighted by Crippen LogP contribution is -2.30. The summed E-state index contributed by atoms with van der Waals surface area (Å²) in [5, 5.41) is 5.17. The van der Waals surface area contributed by atoms with E-state index in [2.05, 4.69) is 10.6 Å². The number of carbonyl (C=O) groups excluding carboxylic acids is 4. The summed E-state index contributed by atoms with van der Waals surface area (Å²) < 4.78 is 9.61. The van der Waals surface area contributed by atoms with Crippen LogP contribution >= 0.6 is 0 Å². The third-order valence-corrected chi connectivity index (χ3v) is 2.98. The predicted octanol–water partition coefficient (Wildman–Crippen LogP) is 0.911. The van der Waals surface area contributed by atoms with E-state index in [0.29, 0.717) is 19.4 Å². The average Bonchev–Trinajstić information content (AvgIpc) is 2.55. The number of ether oxygens (including phenoxy) is 2. The molecule has 25 heavy (non-hydrogen) atoms. The van der Waals surface area contributed by atoms with Crippen molar-refractivity contribution in [3.8, 4) is 0 Å². The zero-order valence-corrected chi connectivity index (χ0v) is 15.3. The number of amides is 2. The average molecular weight is 356 g/mol. The highest BCUT2D eigenvalue weighted by Crippen LogP contribution is 1.94. The Hall–Kier alpha value is -2.38. The molecular weight excluding hydrogens is 328 g/mol. The number of hydrogen-bond donors (Lipinski definition) is 2. The zero-order chi connectivity index (χ0) is 19.2. The third-order valence-electron chi connectivity index (χ3n) is 2.98. The van der Waals surface area contributed by atoms with Crippen molar-refractivity contribution in [2.45, 2.75) is 40.5 Å². The normalized spacial score (nSPS) is 10.8. The maximum Gasteiger partial charge on any atom is 0.332 e. The van der Waals surface area contributed by atoms with Crippen LogP contribution in [-0.2, 0) is 28.7 Å². The summed E-state index contributed by atoms with van der Waals surface area (Å²) in [5.74, 6) is -1.92. The van der Waals surface area contributed by atoms with Gasteiger partial charge in [-0.1, -0.05) is 27.7 Å². The summed E-state index contributed by atoms with van der Waals surface area (Å²) in [6.45, 7) is 7.52. The standard InChI is InChI=1S/C17H28N2O6/c1-12(2)16(22)18-9-5-6-10-24-14(20)7-8-15(21)25-11-19-17(23)13(3)4/h7-8,12-13H,5-6,9-11H2,1-4H3,(H,18,22)(H,19,23)/b8-7+. The smallest absolute Gasteiger partial charge is 0.332 e. The number of rotatable bonds is 11. The second kappa shape index (κ2) is 13.0. The fourth-order valence-corrected chi connectivity index (χ4v) is 1.43. The van der Waals surface area contributed by atoms with Gasteiger partial charge in [-0.05, 0) is 12.8 Å². The number of nitrogens with one attached hydrogen (secondary N) is 2. The fraction of sp³-hybridized carbons (Fsp3) is 0.647. The van der Waals surface area contributed by atoms with Gasteiger partial charge in [0.1, 0.15) is 0 Å². The summed E-state index contributed by atoms with van der Waals surface area (Å²) in [7, 11) is 0. The zero-order valence-electron chi connectivity index (χ0n) is 15.3. The molecule has 0 aromatic carbocycles. The molecule has 0 saturated carbocycles. The minimum Gasteiger partial charge on any atom is -0.463 e. The Morgan fingerprint density at radius 2 is 1.32 bits per heavy atom. The number of unbranched alkanes of at least 4 members (excludes halogenated alkanes) is 1. The van der Waals surface area contributed by atoms with E-state index < -0.39 is 11.9 Å². The van der Waals surface area contributed by atoms with Gasteiger partial charge >= 0.3 is 11.9 Å². The SMILES string of the molecule is CC(C)C(=O)NCCCCOC(=O)/C=C/C(=O)OCNC(=O)C(C)C. The lowest BCUT2D eigenvalue weighted by Gasteiger charge is -2.07. The van der Waals surface area contributed by atoms with Crippen LogP contribution in [0.25, 0.3) is 0 Å². The summed E-state index contributed by atoms with van der Waals surface area (Å²) in [6.07, 6.45) is 3.19. The van der Waals surface area contributed by atoms with Crippen LogP contribution in [-0.4, -0.2) is 43.6 Å². The third kappa shape index (κ3) is 12.7. The van der Waals surface area contributed by atoms with Gasteiger partial charge in [0.15, 0.2) is 6.73 Å². The van der Waals surface area contributed by atoms with Crippen LogP contribution in [0, 0.1) is 11.8 Å². The molecule has 8 heteroatoms. The van der Waals surface area contributed by atoms with E-state index in [1.54, 1.807) is 13.8 Å². The highest BCUT2D eigenvalue weighted by molar-refractivity contribution is 5.91. The summed E-state index contributed by atoms with van der Waals surface area (Å²) in [5.41, 5.74) is 0. The van der Waals surface area contributed by atoms with Gasteiger partial charge < -0.3 is 20.1 Å². The molecule has 0 aliphatic carbocycles. The van der Waals surface area contributed by atoms with E-state index >= 15 is 0 Å². The molecule has 142 valence electrons. The van der Waals surface area contributed by atoms with E-state index in [1.807, 2.05) is 13.8 Å². The number of hydrogen-bond acceptors (Lipinski definition) is 6. The molecule has 0 aromatic rings. The maximum absolute atomic E-state index is 11.4. The highest BCUT2D eigenvalue weighted by Gasteiger charge is 2.07. The molecule has 0 heterocycles. The van der Waals surface area contributed by atoms with E-state index in [4.69, 9.17) is 9.47 Å². The lowest BCUT2D eigenvalue weighted by atomic mass is 10.2. The van der Waals surface area contributed by atoms with E-state index in [1.165, 1.54) is 0 Å². The molecule has 0 fully saturated rings. The second-order valence-electron chi connectivity index (χ2n) is 5.96. The van der Waals surface area contributed by atoms with Crippen LogP contribution in [0.2, 0.25) is 0 Å². The first-order valence-corrected chi connectivity index (χ1v) is 8.31. The van der Waals surface area contributed by atoms with Crippen LogP contribution in [0.4, 0.5) is 0 Å². The summed E-state index contributed by atoms with van der Waals surface area (Å²) >= 11 is 0. The molecule has 8 nitrogen and oxygen atoms in total. The molecule has 2 N–H and O–H groups in total. The molecule has 0 aromatic heterocycles. The Morgan fingerprint density at radius 3 is 1.88 bits per heavy atom. The summed E-state index contributed by atoms with van der Waals surface area (Å²) in [4.78, 5) is 45.3. The van der Waals surface area contributed by atoms with Crippen molar-refractivity contribution in [2.75, 3.05) is 19.9 Å². The fourth-order valence-electron chi connectivity index (χ4n) is 1.43. The Labute approximate surface area is 148 Å². The Kier molecular flexibility index (Phi) is 11.7. The van der Waals surface area contributed by atoms with Gasteiger partial charge in [-0.15, -0.1) is 0 Å². The molecule has 0 atom stereocenters. The van der Waals surface area contributed by atoms with Crippen molar-refractivity contribution in [3.63, 3.8) is 0 Å². The highest BCUT2D eigenvalue weighted by atomic mass is 16.5. The topological polar surface area (TPSA) is 111 Å². The predicted molar refractivity (Wildman–Crippen MR) is 91.1 cm³/mol. The van der Waals surface area contributed by atoms with E-state index in [-0.39, 0.29) is 37.0 Å². The van der Waals surface area contributed by atoms with Crippen molar-refractivity contribution in [2.24, 2.45) is 11.8 Å². The van der Waals surface area contributed by atoms with Crippen LogP contribution in [0.15, 0.2) is 12.2 Å². The monoisotopic (exact) mass is 356 g/mol. The van der Waals surface area contributed by atoms with E-state index in [0.717, 1.165) is 12.2 Å². The summed E-state index contributed by atoms with van der Waals surface area (Å²) in [6, 6.07) is 0. The number of carbonyl (C=O) groups is 4. The molecule has 0 aliphatic rings. The second-order valence-corrected chi connectivity index (χ2v) is 5.96. The van der Waals surface area contributed by atoms with Gasteiger partial charge in [0.2, 0.25) is 11.8 Å². The van der Waals surface area contributed by atoms with Gasteiger partial charge in [-0.25, -0.2) is 9.59 Å². The van der Waals surface area contributed by atoms with Crippen molar-refractivity contribution in [1.29, 1.82) is 0 Å². The Balaban J connectivity index is 3.73. The van der Waals surface area contributed by atoms with E-state index in [9.17, 15) is 19.2 Å². The molecule has 0 radical (unpaired) electrons. The molecule has 0 unspecified atom stereocenters. The quantitative estimate of drug-likeness (QED) is 0.246. The lowest BCUT2D eigenvalue weighted by molar-refractivity contribution is -0.142. The van der Waals surface area contributed by atoms with Crippen molar-refractivity contribution in [3.05, 3.63) is 12.2 Å². The molecular formula is C17H28N2O6. The van der Waals surface area contributed by atoms with Crippen LogP contribution in [0.5, 0.6) is 0 Å². The van der Waals surface area contributed by atoms with Crippen LogP contribution in [0.3, 0.4) is 0 Å². The first kappa shape index (κ1) is 22.6. The Bertz CT molecular complexity index is 486. The van der Waals surface area contributed by atoms with Crippen LogP contribution < -0.4 is 10.6 Å². The van der Waals surface area contributed by atoms with Gasteiger partial charge in [0.05, 0.1) is 6.61 Å². The minimum atomic E-state index is -0.752. The van der Waals surface area contributed by atoms with Gasteiger partial charge in [0, 0.05) is 30.5 Å². The molecule has 0 aliphatic heterocycles.